The van der Waals surface area contributed by atoms with Crippen LogP contribution in [0.3, 0.4) is 0 Å². The maximum absolute atomic E-state index is 10.2. The summed E-state index contributed by atoms with van der Waals surface area (Å²) in [5.74, 6) is 2.21. The lowest BCUT2D eigenvalue weighted by Gasteiger charge is -2.44. The highest BCUT2D eigenvalue weighted by Crippen LogP contribution is 2.44. The molecule has 0 radical (unpaired) electrons. The van der Waals surface area contributed by atoms with E-state index in [1.807, 2.05) is 12.1 Å². The SMILES string of the molecule is COc1ccc2c3c(c4cc(OC)c(OC)cc4c2c1)C[C@H]1C[C@H](O)[C@@H](O)CN1C3. The molecular formula is C24H27NO5. The van der Waals surface area contributed by atoms with E-state index in [1.165, 1.54) is 16.5 Å². The first kappa shape index (κ1) is 19.4. The molecule has 0 saturated carbocycles. The van der Waals surface area contributed by atoms with Crippen LogP contribution in [-0.2, 0) is 13.0 Å². The van der Waals surface area contributed by atoms with Gasteiger partial charge in [-0.15, -0.1) is 0 Å². The summed E-state index contributed by atoms with van der Waals surface area (Å²) in [5.41, 5.74) is 2.56. The smallest absolute Gasteiger partial charge is 0.161 e. The van der Waals surface area contributed by atoms with E-state index in [0.29, 0.717) is 24.5 Å². The molecule has 0 aromatic heterocycles. The molecule has 0 unspecified atom stereocenters. The van der Waals surface area contributed by atoms with Gasteiger partial charge in [0, 0.05) is 19.1 Å². The fourth-order valence-electron chi connectivity index (χ4n) is 5.17. The van der Waals surface area contributed by atoms with Crippen LogP contribution in [0.2, 0.25) is 0 Å². The molecule has 6 heteroatoms. The molecule has 6 nitrogen and oxygen atoms in total. The summed E-state index contributed by atoms with van der Waals surface area (Å²) in [4.78, 5) is 2.30. The van der Waals surface area contributed by atoms with Gasteiger partial charge in [-0.3, -0.25) is 4.90 Å². The third-order valence-electron chi connectivity index (χ3n) is 6.75. The van der Waals surface area contributed by atoms with Crippen molar-refractivity contribution >= 4 is 21.5 Å². The van der Waals surface area contributed by atoms with Crippen molar-refractivity contribution in [3.63, 3.8) is 0 Å². The van der Waals surface area contributed by atoms with Gasteiger partial charge < -0.3 is 24.4 Å². The van der Waals surface area contributed by atoms with Crippen LogP contribution in [0.25, 0.3) is 21.5 Å². The van der Waals surface area contributed by atoms with Gasteiger partial charge >= 0.3 is 0 Å². The van der Waals surface area contributed by atoms with Crippen molar-refractivity contribution in [3.8, 4) is 17.2 Å². The molecule has 3 atom stereocenters. The number of rotatable bonds is 3. The maximum atomic E-state index is 10.2. The Hall–Kier alpha value is -2.54. The predicted octanol–water partition coefficient (Wildman–Crippen LogP) is 2.87. The van der Waals surface area contributed by atoms with Gasteiger partial charge in [0.1, 0.15) is 5.75 Å². The van der Waals surface area contributed by atoms with Gasteiger partial charge in [-0.2, -0.15) is 0 Å². The van der Waals surface area contributed by atoms with Crippen molar-refractivity contribution in [1.29, 1.82) is 0 Å². The van der Waals surface area contributed by atoms with Crippen molar-refractivity contribution in [1.82, 2.24) is 4.90 Å². The minimum Gasteiger partial charge on any atom is -0.497 e. The molecule has 30 heavy (non-hydrogen) atoms. The minimum absolute atomic E-state index is 0.211. The highest BCUT2D eigenvalue weighted by atomic mass is 16.5. The van der Waals surface area contributed by atoms with E-state index in [9.17, 15) is 10.2 Å². The van der Waals surface area contributed by atoms with Crippen LogP contribution in [0.4, 0.5) is 0 Å². The molecule has 2 aliphatic rings. The molecule has 0 amide bonds. The van der Waals surface area contributed by atoms with Crippen molar-refractivity contribution in [2.24, 2.45) is 0 Å². The van der Waals surface area contributed by atoms with E-state index in [-0.39, 0.29) is 6.04 Å². The summed E-state index contributed by atoms with van der Waals surface area (Å²) in [6.45, 7) is 1.24. The lowest BCUT2D eigenvalue weighted by molar-refractivity contribution is -0.0663. The molecule has 0 bridgehead atoms. The monoisotopic (exact) mass is 409 g/mol. The number of piperidine rings is 1. The number of benzene rings is 3. The maximum Gasteiger partial charge on any atom is 0.161 e. The zero-order valence-electron chi connectivity index (χ0n) is 17.5. The van der Waals surface area contributed by atoms with Crippen LogP contribution in [-0.4, -0.2) is 61.2 Å². The van der Waals surface area contributed by atoms with Gasteiger partial charge in [-0.25, -0.2) is 0 Å². The normalized spacial score (nSPS) is 23.8. The highest BCUT2D eigenvalue weighted by Gasteiger charge is 2.37. The van der Waals surface area contributed by atoms with Crippen molar-refractivity contribution < 1.29 is 24.4 Å². The Labute approximate surface area is 175 Å². The van der Waals surface area contributed by atoms with Crippen LogP contribution < -0.4 is 14.2 Å². The highest BCUT2D eigenvalue weighted by molar-refractivity contribution is 6.12. The minimum atomic E-state index is -0.695. The van der Waals surface area contributed by atoms with Gasteiger partial charge in [0.2, 0.25) is 0 Å². The summed E-state index contributed by atoms with van der Waals surface area (Å²) < 4.78 is 16.7. The summed E-state index contributed by atoms with van der Waals surface area (Å²) >= 11 is 0. The largest absolute Gasteiger partial charge is 0.497 e. The number of nitrogens with zero attached hydrogens (tertiary/aromatic N) is 1. The predicted molar refractivity (Wildman–Crippen MR) is 116 cm³/mol. The van der Waals surface area contributed by atoms with E-state index in [1.54, 1.807) is 21.3 Å². The molecule has 1 saturated heterocycles. The number of hydrogen-bond donors (Lipinski definition) is 2. The molecule has 0 aliphatic carbocycles. The van der Waals surface area contributed by atoms with Crippen LogP contribution in [0.5, 0.6) is 17.2 Å². The molecule has 0 spiro atoms. The van der Waals surface area contributed by atoms with Crippen LogP contribution in [0, 0.1) is 0 Å². The number of aliphatic hydroxyl groups is 2. The summed E-state index contributed by atoms with van der Waals surface area (Å²) in [5, 5.41) is 25.0. The number of ether oxygens (including phenoxy) is 3. The molecule has 2 N–H and O–H groups in total. The number of fused-ring (bicyclic) bond motifs is 7. The lowest BCUT2D eigenvalue weighted by Crippen LogP contribution is -2.54. The second-order valence-corrected chi connectivity index (χ2v) is 8.28. The average Bonchev–Trinajstić information content (AvgIpc) is 2.77. The topological polar surface area (TPSA) is 71.4 Å². The molecule has 2 heterocycles. The Balaban J connectivity index is 1.80. The Bertz CT molecular complexity index is 1130. The summed E-state index contributed by atoms with van der Waals surface area (Å²) in [7, 11) is 4.98. The molecular weight excluding hydrogens is 382 g/mol. The van der Waals surface area contributed by atoms with Gasteiger partial charge in [0.15, 0.2) is 11.5 Å². The first-order valence-corrected chi connectivity index (χ1v) is 10.3. The second kappa shape index (κ2) is 7.30. The van der Waals surface area contributed by atoms with E-state index in [2.05, 4.69) is 23.1 Å². The van der Waals surface area contributed by atoms with Crippen molar-refractivity contribution in [3.05, 3.63) is 41.5 Å². The van der Waals surface area contributed by atoms with Crippen molar-refractivity contribution in [2.75, 3.05) is 27.9 Å². The third-order valence-corrected chi connectivity index (χ3v) is 6.75. The van der Waals surface area contributed by atoms with Gasteiger partial charge in [-0.1, -0.05) is 6.07 Å². The van der Waals surface area contributed by atoms with Crippen LogP contribution >= 0.6 is 0 Å². The number of hydrogen-bond acceptors (Lipinski definition) is 6. The molecule has 5 rings (SSSR count). The molecule has 2 aliphatic heterocycles. The Morgan fingerprint density at radius 2 is 1.50 bits per heavy atom. The van der Waals surface area contributed by atoms with Gasteiger partial charge in [-0.05, 0) is 69.8 Å². The first-order chi connectivity index (χ1) is 14.5. The standard InChI is InChI=1S/C24H27NO5/c1-28-14-4-5-15-17(8-14)19-10-24(30-3)23(29-2)9-18(19)16-6-13-7-21(26)22(27)12-25(13)11-20(15)16/h4-5,8-10,13,21-22,26-27H,6-7,11-12H2,1-3H3/t13-,21-,22-/m0/s1. The molecule has 158 valence electrons. The van der Waals surface area contributed by atoms with E-state index in [4.69, 9.17) is 14.2 Å². The third kappa shape index (κ3) is 2.90. The Kier molecular flexibility index (Phi) is 4.73. The average molecular weight is 409 g/mol. The molecule has 3 aromatic rings. The van der Waals surface area contributed by atoms with Crippen molar-refractivity contribution in [2.45, 2.75) is 37.6 Å². The van der Waals surface area contributed by atoms with E-state index in [0.717, 1.165) is 34.9 Å². The number of aliphatic hydroxyl groups excluding tert-OH is 2. The van der Waals surface area contributed by atoms with E-state index < -0.39 is 12.2 Å². The molecule has 3 aromatic carbocycles. The number of methoxy groups -OCH3 is 3. The Morgan fingerprint density at radius 1 is 0.800 bits per heavy atom. The van der Waals surface area contributed by atoms with Gasteiger partial charge in [0.05, 0.1) is 33.5 Å². The fraction of sp³-hybridized carbons (Fsp3) is 0.417. The quantitative estimate of drug-likeness (QED) is 0.649. The van der Waals surface area contributed by atoms with Crippen LogP contribution in [0.15, 0.2) is 30.3 Å². The zero-order chi connectivity index (χ0) is 21.0. The summed E-state index contributed by atoms with van der Waals surface area (Å²) in [6, 6.07) is 10.5. The fourth-order valence-corrected chi connectivity index (χ4v) is 5.17. The molecule has 1 fully saturated rings. The van der Waals surface area contributed by atoms with E-state index >= 15 is 0 Å². The summed E-state index contributed by atoms with van der Waals surface area (Å²) in [6.07, 6.45) is 0.0423. The lowest BCUT2D eigenvalue weighted by atomic mass is 9.81. The van der Waals surface area contributed by atoms with Crippen LogP contribution in [0.1, 0.15) is 17.5 Å². The van der Waals surface area contributed by atoms with Gasteiger partial charge in [0.25, 0.3) is 0 Å². The Morgan fingerprint density at radius 3 is 2.20 bits per heavy atom. The zero-order valence-corrected chi connectivity index (χ0v) is 17.5. The first-order valence-electron chi connectivity index (χ1n) is 10.3. The second-order valence-electron chi connectivity index (χ2n) is 8.28.